The molecule has 0 aliphatic carbocycles. The van der Waals surface area contributed by atoms with E-state index < -0.39 is 0 Å². The molecule has 5 nitrogen and oxygen atoms in total. The number of aromatic amines is 1. The number of anilines is 1. The summed E-state index contributed by atoms with van der Waals surface area (Å²) in [5.74, 6) is 1.13. The van der Waals surface area contributed by atoms with Crippen LogP contribution < -0.4 is 10.9 Å². The number of rotatable bonds is 4. The highest BCUT2D eigenvalue weighted by atomic mass is 16.3. The Bertz CT molecular complexity index is 346. The maximum absolute atomic E-state index is 11.0. The summed E-state index contributed by atoms with van der Waals surface area (Å²) >= 11 is 0. The van der Waals surface area contributed by atoms with Crippen molar-refractivity contribution >= 4 is 5.82 Å². The van der Waals surface area contributed by atoms with Crippen LogP contribution in [0.2, 0.25) is 0 Å². The van der Waals surface area contributed by atoms with Gasteiger partial charge in [-0.3, -0.25) is 4.79 Å². The first-order valence-electron chi connectivity index (χ1n) is 4.58. The second-order valence-corrected chi connectivity index (χ2v) is 3.28. The molecule has 3 N–H and O–H groups in total. The van der Waals surface area contributed by atoms with E-state index >= 15 is 0 Å². The van der Waals surface area contributed by atoms with Gasteiger partial charge < -0.3 is 15.4 Å². The molecule has 5 heteroatoms. The molecule has 0 amide bonds. The highest BCUT2D eigenvalue weighted by molar-refractivity contribution is 5.32. The predicted molar refractivity (Wildman–Crippen MR) is 54.4 cm³/mol. The van der Waals surface area contributed by atoms with Crippen LogP contribution in [-0.2, 0) is 0 Å². The minimum Gasteiger partial charge on any atom is -0.393 e. The van der Waals surface area contributed by atoms with Crippen molar-refractivity contribution in [2.75, 3.05) is 11.9 Å². The fourth-order valence-electron chi connectivity index (χ4n) is 1.08. The van der Waals surface area contributed by atoms with Gasteiger partial charge in [0.25, 0.3) is 5.56 Å². The molecule has 1 aromatic rings. The van der Waals surface area contributed by atoms with E-state index in [0.717, 1.165) is 0 Å². The first-order chi connectivity index (χ1) is 6.58. The van der Waals surface area contributed by atoms with E-state index in [0.29, 0.717) is 24.6 Å². The molecule has 0 saturated carbocycles. The van der Waals surface area contributed by atoms with Crippen molar-refractivity contribution in [3.8, 4) is 0 Å². The molecule has 78 valence electrons. The lowest BCUT2D eigenvalue weighted by molar-refractivity contribution is 0.188. The van der Waals surface area contributed by atoms with Gasteiger partial charge in [0, 0.05) is 12.6 Å². The minimum atomic E-state index is -0.342. The van der Waals surface area contributed by atoms with Crippen LogP contribution in [0, 0.1) is 6.92 Å². The van der Waals surface area contributed by atoms with Crippen LogP contribution in [0.3, 0.4) is 0 Å². The molecule has 1 unspecified atom stereocenters. The Morgan fingerprint density at radius 2 is 2.43 bits per heavy atom. The standard InChI is InChI=1S/C9H15N3O2/c1-6(13)3-4-10-8-5-9(14)12-7(2)11-8/h5-6,13H,3-4H2,1-2H3,(H2,10,11,12,14). The van der Waals surface area contributed by atoms with Gasteiger partial charge in [-0.05, 0) is 20.3 Å². The molecule has 0 fully saturated rings. The molecule has 0 aromatic carbocycles. The van der Waals surface area contributed by atoms with Crippen LogP contribution in [0.1, 0.15) is 19.2 Å². The molecule has 0 bridgehead atoms. The second kappa shape index (κ2) is 4.76. The van der Waals surface area contributed by atoms with Gasteiger partial charge in [0.2, 0.25) is 0 Å². The molecular weight excluding hydrogens is 182 g/mol. The molecule has 0 radical (unpaired) electrons. The average molecular weight is 197 g/mol. The Kier molecular flexibility index (Phi) is 3.64. The van der Waals surface area contributed by atoms with Crippen LogP contribution in [0.4, 0.5) is 5.82 Å². The van der Waals surface area contributed by atoms with Crippen LogP contribution >= 0.6 is 0 Å². The summed E-state index contributed by atoms with van der Waals surface area (Å²) in [4.78, 5) is 17.7. The lowest BCUT2D eigenvalue weighted by Crippen LogP contribution is -2.14. The first kappa shape index (κ1) is 10.7. The smallest absolute Gasteiger partial charge is 0.252 e. The quantitative estimate of drug-likeness (QED) is 0.647. The number of aliphatic hydroxyl groups excluding tert-OH is 1. The second-order valence-electron chi connectivity index (χ2n) is 3.28. The Balaban J connectivity index is 2.55. The number of hydrogen-bond donors (Lipinski definition) is 3. The first-order valence-corrected chi connectivity index (χ1v) is 4.58. The van der Waals surface area contributed by atoms with E-state index in [1.165, 1.54) is 6.07 Å². The summed E-state index contributed by atoms with van der Waals surface area (Å²) < 4.78 is 0. The van der Waals surface area contributed by atoms with E-state index in [9.17, 15) is 4.79 Å². The van der Waals surface area contributed by atoms with Crippen LogP contribution in [-0.4, -0.2) is 27.7 Å². The SMILES string of the molecule is Cc1nc(NCCC(C)O)cc(=O)[nH]1. The van der Waals surface area contributed by atoms with Gasteiger partial charge in [-0.2, -0.15) is 0 Å². The molecule has 0 spiro atoms. The van der Waals surface area contributed by atoms with Crippen molar-refractivity contribution in [2.24, 2.45) is 0 Å². The van der Waals surface area contributed by atoms with Crippen LogP contribution in [0.5, 0.6) is 0 Å². The molecule has 14 heavy (non-hydrogen) atoms. The number of aryl methyl sites for hydroxylation is 1. The molecule has 1 rings (SSSR count). The number of nitrogens with one attached hydrogen (secondary N) is 2. The third-order valence-corrected chi connectivity index (χ3v) is 1.73. The number of aliphatic hydroxyl groups is 1. The highest BCUT2D eigenvalue weighted by Crippen LogP contribution is 1.98. The molecule has 1 heterocycles. The van der Waals surface area contributed by atoms with Gasteiger partial charge in [-0.1, -0.05) is 0 Å². The maximum Gasteiger partial charge on any atom is 0.252 e. The Labute approximate surface area is 82.2 Å². The summed E-state index contributed by atoms with van der Waals surface area (Å²) in [6.07, 6.45) is 0.290. The fraction of sp³-hybridized carbons (Fsp3) is 0.556. The topological polar surface area (TPSA) is 78.0 Å². The number of nitrogens with zero attached hydrogens (tertiary/aromatic N) is 1. The van der Waals surface area contributed by atoms with Gasteiger partial charge in [-0.25, -0.2) is 4.98 Å². The molecule has 0 saturated heterocycles. The van der Waals surface area contributed by atoms with Gasteiger partial charge in [0.05, 0.1) is 6.10 Å². The third kappa shape index (κ3) is 3.57. The Morgan fingerprint density at radius 3 is 3.00 bits per heavy atom. The van der Waals surface area contributed by atoms with Crippen molar-refractivity contribution in [1.82, 2.24) is 9.97 Å². The van der Waals surface area contributed by atoms with Crippen molar-refractivity contribution in [3.05, 3.63) is 22.2 Å². The minimum absolute atomic E-state index is 0.169. The number of H-pyrrole nitrogens is 1. The molecule has 0 aliphatic rings. The summed E-state index contributed by atoms with van der Waals surface area (Å²) in [6, 6.07) is 1.40. The molecular formula is C9H15N3O2. The highest BCUT2D eigenvalue weighted by Gasteiger charge is 1.98. The summed E-state index contributed by atoms with van der Waals surface area (Å²) in [5.41, 5.74) is -0.169. The predicted octanol–water partition coefficient (Wildman–Crippen LogP) is 0.261. The van der Waals surface area contributed by atoms with E-state index in [4.69, 9.17) is 5.11 Å². The zero-order valence-corrected chi connectivity index (χ0v) is 8.37. The molecule has 1 aromatic heterocycles. The van der Waals surface area contributed by atoms with Gasteiger partial charge in [-0.15, -0.1) is 0 Å². The molecule has 1 atom stereocenters. The van der Waals surface area contributed by atoms with Crippen LogP contribution in [0.25, 0.3) is 0 Å². The average Bonchev–Trinajstić information content (AvgIpc) is 2.01. The summed E-state index contributed by atoms with van der Waals surface area (Å²) in [6.45, 7) is 4.05. The van der Waals surface area contributed by atoms with Crippen molar-refractivity contribution in [2.45, 2.75) is 26.4 Å². The van der Waals surface area contributed by atoms with Gasteiger partial charge >= 0.3 is 0 Å². The molecule has 0 aliphatic heterocycles. The van der Waals surface area contributed by atoms with Crippen molar-refractivity contribution in [1.29, 1.82) is 0 Å². The Hall–Kier alpha value is -1.36. The lowest BCUT2D eigenvalue weighted by Gasteiger charge is -2.06. The maximum atomic E-state index is 11.0. The normalized spacial score (nSPS) is 12.5. The summed E-state index contributed by atoms with van der Waals surface area (Å²) in [5, 5.41) is 12.0. The van der Waals surface area contributed by atoms with Crippen molar-refractivity contribution in [3.63, 3.8) is 0 Å². The monoisotopic (exact) mass is 197 g/mol. The Morgan fingerprint density at radius 1 is 1.71 bits per heavy atom. The van der Waals surface area contributed by atoms with E-state index in [1.807, 2.05) is 0 Å². The number of hydrogen-bond acceptors (Lipinski definition) is 4. The van der Waals surface area contributed by atoms with E-state index in [-0.39, 0.29) is 11.7 Å². The lowest BCUT2D eigenvalue weighted by atomic mass is 10.3. The van der Waals surface area contributed by atoms with E-state index in [2.05, 4.69) is 15.3 Å². The van der Waals surface area contributed by atoms with E-state index in [1.54, 1.807) is 13.8 Å². The van der Waals surface area contributed by atoms with Gasteiger partial charge in [0.15, 0.2) is 0 Å². The van der Waals surface area contributed by atoms with Crippen LogP contribution in [0.15, 0.2) is 10.9 Å². The zero-order chi connectivity index (χ0) is 10.6. The third-order valence-electron chi connectivity index (χ3n) is 1.73. The number of aromatic nitrogens is 2. The van der Waals surface area contributed by atoms with Crippen molar-refractivity contribution < 1.29 is 5.11 Å². The summed E-state index contributed by atoms with van der Waals surface area (Å²) in [7, 11) is 0. The fourth-order valence-corrected chi connectivity index (χ4v) is 1.08. The van der Waals surface area contributed by atoms with Gasteiger partial charge in [0.1, 0.15) is 11.6 Å². The largest absolute Gasteiger partial charge is 0.393 e. The zero-order valence-electron chi connectivity index (χ0n) is 8.37.